The van der Waals surface area contributed by atoms with Crippen LogP contribution in [0.25, 0.3) is 28.1 Å². The average Bonchev–Trinajstić information content (AvgIpc) is 3.55. The molecule has 1 aliphatic heterocycles. The largest absolute Gasteiger partial charge is 0.476 e. The van der Waals surface area contributed by atoms with Gasteiger partial charge in [-0.1, -0.05) is 6.07 Å². The van der Waals surface area contributed by atoms with Gasteiger partial charge in [-0.2, -0.15) is 0 Å². The highest BCUT2D eigenvalue weighted by atomic mass is 16.5. The number of hydrogen-bond acceptors (Lipinski definition) is 7. The van der Waals surface area contributed by atoms with E-state index in [0.29, 0.717) is 31.1 Å². The number of piperazine rings is 1. The lowest BCUT2D eigenvalue weighted by Gasteiger charge is -2.29. The van der Waals surface area contributed by atoms with Gasteiger partial charge in [-0.3, -0.25) is 4.79 Å². The second-order valence-corrected chi connectivity index (χ2v) is 8.58. The molecular formula is C24H25N5O3. The Labute approximate surface area is 185 Å². The van der Waals surface area contributed by atoms with E-state index in [2.05, 4.69) is 32.4 Å². The molecule has 0 radical (unpaired) electrons. The number of furan rings is 1. The molecule has 0 amide bonds. The summed E-state index contributed by atoms with van der Waals surface area (Å²) in [6, 6.07) is 12.0. The summed E-state index contributed by atoms with van der Waals surface area (Å²) in [7, 11) is 0. The Morgan fingerprint density at radius 3 is 2.94 bits per heavy atom. The SMILES string of the molecule is O=C1CC[C@H](COc2ccc3ncc(-c4cc5c(N6CCNCC6)cccc5o4)n3n2)C1. The first-order valence-electron chi connectivity index (χ1n) is 11.2. The van der Waals surface area contributed by atoms with Crippen molar-refractivity contribution in [2.24, 2.45) is 5.92 Å². The van der Waals surface area contributed by atoms with Gasteiger partial charge in [0.2, 0.25) is 5.88 Å². The Morgan fingerprint density at radius 2 is 2.09 bits per heavy atom. The number of carbonyl (C=O) groups excluding carboxylic acids is 1. The number of anilines is 1. The Morgan fingerprint density at radius 1 is 1.19 bits per heavy atom. The molecule has 1 saturated heterocycles. The first-order valence-corrected chi connectivity index (χ1v) is 11.2. The molecule has 1 N–H and O–H groups in total. The maximum Gasteiger partial charge on any atom is 0.231 e. The molecule has 2 fully saturated rings. The third-order valence-corrected chi connectivity index (χ3v) is 6.40. The molecule has 4 aromatic rings. The minimum absolute atomic E-state index is 0.279. The highest BCUT2D eigenvalue weighted by Gasteiger charge is 2.23. The van der Waals surface area contributed by atoms with Crippen molar-refractivity contribution in [2.45, 2.75) is 19.3 Å². The van der Waals surface area contributed by atoms with Crippen LogP contribution in [0.4, 0.5) is 5.69 Å². The molecule has 164 valence electrons. The first-order chi connectivity index (χ1) is 15.7. The van der Waals surface area contributed by atoms with E-state index in [0.717, 1.165) is 60.7 Å². The van der Waals surface area contributed by atoms with Crippen LogP contribution in [-0.4, -0.2) is 53.2 Å². The van der Waals surface area contributed by atoms with Gasteiger partial charge in [0.05, 0.1) is 12.8 Å². The number of carbonyl (C=O) groups is 1. The second-order valence-electron chi connectivity index (χ2n) is 8.58. The van der Waals surface area contributed by atoms with E-state index < -0.39 is 0 Å². The van der Waals surface area contributed by atoms with Gasteiger partial charge >= 0.3 is 0 Å². The van der Waals surface area contributed by atoms with E-state index >= 15 is 0 Å². The summed E-state index contributed by atoms with van der Waals surface area (Å²) in [4.78, 5) is 18.4. The summed E-state index contributed by atoms with van der Waals surface area (Å²) in [5, 5.41) is 9.14. The summed E-state index contributed by atoms with van der Waals surface area (Å²) in [5.41, 5.74) is 3.55. The van der Waals surface area contributed by atoms with E-state index in [1.54, 1.807) is 10.7 Å². The number of aromatic nitrogens is 3. The summed E-state index contributed by atoms with van der Waals surface area (Å²) in [6.45, 7) is 4.42. The van der Waals surface area contributed by atoms with E-state index in [4.69, 9.17) is 9.15 Å². The number of Topliss-reactive ketones (excluding diaryl/α,β-unsaturated/α-hetero) is 1. The van der Waals surface area contributed by atoms with Gasteiger partial charge in [0, 0.05) is 62.1 Å². The monoisotopic (exact) mass is 431 g/mol. The summed E-state index contributed by atoms with van der Waals surface area (Å²) in [6.07, 6.45) is 3.94. The molecule has 8 heteroatoms. The van der Waals surface area contributed by atoms with Crippen molar-refractivity contribution in [3.05, 3.63) is 42.6 Å². The molecule has 2 aliphatic rings. The van der Waals surface area contributed by atoms with Crippen LogP contribution in [0.2, 0.25) is 0 Å². The molecule has 1 saturated carbocycles. The van der Waals surface area contributed by atoms with Gasteiger partial charge in [0.1, 0.15) is 17.1 Å². The first kappa shape index (κ1) is 19.3. The fourth-order valence-electron chi connectivity index (χ4n) is 4.69. The molecule has 0 spiro atoms. The van der Waals surface area contributed by atoms with Crippen molar-refractivity contribution >= 4 is 28.1 Å². The summed E-state index contributed by atoms with van der Waals surface area (Å²) < 4.78 is 13.9. The maximum absolute atomic E-state index is 11.5. The van der Waals surface area contributed by atoms with Gasteiger partial charge in [0.25, 0.3) is 0 Å². The molecule has 8 nitrogen and oxygen atoms in total. The number of imidazole rings is 1. The standard InChI is InChI=1S/C24H25N5O3/c30-17-5-4-16(12-17)15-31-24-7-6-23-26-14-20(29(23)27-24)22-13-18-19(2-1-3-21(18)32-22)28-10-8-25-9-11-28/h1-3,6-7,13-14,16,25H,4-5,8-12,15H2/t16-/m0/s1. The van der Waals surface area contributed by atoms with Crippen LogP contribution in [-0.2, 0) is 4.79 Å². The second kappa shape index (κ2) is 7.94. The van der Waals surface area contributed by atoms with Crippen LogP contribution in [0.3, 0.4) is 0 Å². The van der Waals surface area contributed by atoms with Gasteiger partial charge in [-0.15, -0.1) is 5.10 Å². The lowest BCUT2D eigenvalue weighted by atomic mass is 10.1. The van der Waals surface area contributed by atoms with Crippen LogP contribution in [0.1, 0.15) is 19.3 Å². The summed E-state index contributed by atoms with van der Waals surface area (Å²) in [5.74, 6) is 1.85. The highest BCUT2D eigenvalue weighted by Crippen LogP contribution is 2.34. The minimum Gasteiger partial charge on any atom is -0.476 e. The Kier molecular flexibility index (Phi) is 4.79. The number of fused-ring (bicyclic) bond motifs is 2. The van der Waals surface area contributed by atoms with Crippen molar-refractivity contribution in [3.63, 3.8) is 0 Å². The van der Waals surface area contributed by atoms with Crippen LogP contribution >= 0.6 is 0 Å². The molecule has 1 aliphatic carbocycles. The van der Waals surface area contributed by atoms with Crippen molar-refractivity contribution < 1.29 is 13.9 Å². The molecule has 0 unspecified atom stereocenters. The van der Waals surface area contributed by atoms with Gasteiger partial charge < -0.3 is 19.4 Å². The van der Waals surface area contributed by atoms with E-state index in [1.807, 2.05) is 24.3 Å². The molecule has 1 aromatic carbocycles. The number of nitrogens with zero attached hydrogens (tertiary/aromatic N) is 4. The third-order valence-electron chi connectivity index (χ3n) is 6.40. The molecular weight excluding hydrogens is 406 g/mol. The van der Waals surface area contributed by atoms with Crippen LogP contribution in [0.15, 0.2) is 47.0 Å². The summed E-state index contributed by atoms with van der Waals surface area (Å²) >= 11 is 0. The average molecular weight is 431 g/mol. The topological polar surface area (TPSA) is 84.9 Å². The van der Waals surface area contributed by atoms with Gasteiger partial charge in [0.15, 0.2) is 11.4 Å². The fraction of sp³-hybridized carbons (Fsp3) is 0.375. The zero-order chi connectivity index (χ0) is 21.5. The minimum atomic E-state index is 0.279. The lowest BCUT2D eigenvalue weighted by molar-refractivity contribution is -0.117. The fourth-order valence-corrected chi connectivity index (χ4v) is 4.69. The van der Waals surface area contributed by atoms with E-state index in [9.17, 15) is 4.79 Å². The van der Waals surface area contributed by atoms with Gasteiger partial charge in [-0.05, 0) is 30.7 Å². The third kappa shape index (κ3) is 3.50. The number of rotatable bonds is 5. The number of nitrogens with one attached hydrogen (secondary N) is 1. The Balaban J connectivity index is 1.32. The maximum atomic E-state index is 11.5. The van der Waals surface area contributed by atoms with Crippen molar-refractivity contribution in [2.75, 3.05) is 37.7 Å². The van der Waals surface area contributed by atoms with E-state index in [1.165, 1.54) is 5.69 Å². The molecule has 0 bridgehead atoms. The zero-order valence-electron chi connectivity index (χ0n) is 17.8. The lowest BCUT2D eigenvalue weighted by Crippen LogP contribution is -2.43. The van der Waals surface area contributed by atoms with Gasteiger partial charge in [-0.25, -0.2) is 9.50 Å². The Bertz CT molecular complexity index is 1290. The van der Waals surface area contributed by atoms with Crippen LogP contribution in [0, 0.1) is 5.92 Å². The number of benzene rings is 1. The smallest absolute Gasteiger partial charge is 0.231 e. The van der Waals surface area contributed by atoms with E-state index in [-0.39, 0.29) is 5.92 Å². The number of ketones is 1. The van der Waals surface area contributed by atoms with Crippen LogP contribution in [0.5, 0.6) is 5.88 Å². The predicted molar refractivity (Wildman–Crippen MR) is 121 cm³/mol. The molecule has 1 atom stereocenters. The highest BCUT2D eigenvalue weighted by molar-refractivity contribution is 5.94. The van der Waals surface area contributed by atoms with Crippen molar-refractivity contribution in [1.82, 2.24) is 19.9 Å². The molecule has 4 heterocycles. The normalized spacial score (nSPS) is 19.3. The predicted octanol–water partition coefficient (Wildman–Crippen LogP) is 3.30. The number of ether oxygens (including phenoxy) is 1. The number of hydrogen-bond donors (Lipinski definition) is 1. The van der Waals surface area contributed by atoms with Crippen LogP contribution < -0.4 is 15.0 Å². The van der Waals surface area contributed by atoms with Crippen molar-refractivity contribution in [3.8, 4) is 17.3 Å². The Hall–Kier alpha value is -3.39. The molecule has 3 aromatic heterocycles. The molecule has 6 rings (SSSR count). The molecule has 32 heavy (non-hydrogen) atoms. The quantitative estimate of drug-likeness (QED) is 0.519. The zero-order valence-corrected chi connectivity index (χ0v) is 17.8. The van der Waals surface area contributed by atoms with Crippen molar-refractivity contribution in [1.29, 1.82) is 0 Å².